The zero-order chi connectivity index (χ0) is 11.6. The van der Waals surface area contributed by atoms with Crippen molar-refractivity contribution in [3.8, 4) is 0 Å². The second-order valence-corrected chi connectivity index (χ2v) is 2.71. The van der Waals surface area contributed by atoms with Gasteiger partial charge in [0.15, 0.2) is 0 Å². The molecular weight excluding hydrogens is 180 g/mol. The highest BCUT2D eigenvalue weighted by molar-refractivity contribution is 5.87. The van der Waals surface area contributed by atoms with Crippen LogP contribution in [0.2, 0.25) is 0 Å². The predicted octanol–water partition coefficient (Wildman–Crippen LogP) is 2.50. The lowest BCUT2D eigenvalue weighted by atomic mass is 10.3. The Kier molecular flexibility index (Phi) is 10.9. The van der Waals surface area contributed by atoms with E-state index in [2.05, 4.69) is 4.74 Å². The van der Waals surface area contributed by atoms with Crippen molar-refractivity contribution in [2.45, 2.75) is 40.5 Å². The molecule has 0 unspecified atom stereocenters. The van der Waals surface area contributed by atoms with Crippen molar-refractivity contribution in [3.05, 3.63) is 11.6 Å². The summed E-state index contributed by atoms with van der Waals surface area (Å²) >= 11 is 0. The molecule has 0 fully saturated rings. The molecule has 0 N–H and O–H groups in total. The van der Waals surface area contributed by atoms with E-state index < -0.39 is 0 Å². The number of carbonyl (C=O) groups excluding carboxylic acids is 2. The first-order valence-corrected chi connectivity index (χ1v) is 4.76. The number of hydrogen-bond donors (Lipinski definition) is 0. The number of esters is 1. The first-order chi connectivity index (χ1) is 6.53. The molecule has 14 heavy (non-hydrogen) atoms. The number of allylic oxidation sites excluding steroid dienone is 1. The normalized spacial score (nSPS) is 9.93. The van der Waals surface area contributed by atoms with E-state index in [1.807, 2.05) is 13.8 Å². The maximum Gasteiger partial charge on any atom is 0.333 e. The zero-order valence-electron chi connectivity index (χ0n) is 9.72. The molecule has 0 amide bonds. The fraction of sp³-hybridized carbons (Fsp3) is 0.636. The van der Waals surface area contributed by atoms with Crippen LogP contribution >= 0.6 is 0 Å². The van der Waals surface area contributed by atoms with Crippen LogP contribution in [-0.4, -0.2) is 18.9 Å². The highest BCUT2D eigenvalue weighted by Crippen LogP contribution is 1.92. The average Bonchev–Trinajstić information content (AvgIpc) is 2.26. The highest BCUT2D eigenvalue weighted by atomic mass is 16.5. The lowest BCUT2D eigenvalue weighted by Gasteiger charge is -1.93. The summed E-state index contributed by atoms with van der Waals surface area (Å²) < 4.78 is 4.40. The first-order valence-electron chi connectivity index (χ1n) is 4.76. The van der Waals surface area contributed by atoms with Crippen molar-refractivity contribution < 1.29 is 14.3 Å². The largest absolute Gasteiger partial charge is 0.466 e. The summed E-state index contributed by atoms with van der Waals surface area (Å²) in [5, 5.41) is 0. The summed E-state index contributed by atoms with van der Waals surface area (Å²) in [4.78, 5) is 20.6. The molecule has 0 heterocycles. The molecule has 0 saturated heterocycles. The van der Waals surface area contributed by atoms with Crippen LogP contribution in [0.4, 0.5) is 0 Å². The topological polar surface area (TPSA) is 43.4 Å². The summed E-state index contributed by atoms with van der Waals surface area (Å²) in [5.74, 6) is 0.0856. The van der Waals surface area contributed by atoms with Gasteiger partial charge in [0.05, 0.1) is 7.11 Å². The minimum Gasteiger partial charge on any atom is -0.466 e. The van der Waals surface area contributed by atoms with Crippen molar-refractivity contribution in [2.24, 2.45) is 0 Å². The van der Waals surface area contributed by atoms with Gasteiger partial charge in [0, 0.05) is 18.4 Å². The van der Waals surface area contributed by atoms with E-state index in [1.54, 1.807) is 19.9 Å². The van der Waals surface area contributed by atoms with Gasteiger partial charge >= 0.3 is 5.97 Å². The van der Waals surface area contributed by atoms with Gasteiger partial charge in [-0.2, -0.15) is 0 Å². The third kappa shape index (κ3) is 8.97. The summed E-state index contributed by atoms with van der Waals surface area (Å²) in [6.45, 7) is 7.27. The molecular formula is C11H20O3. The van der Waals surface area contributed by atoms with Gasteiger partial charge < -0.3 is 4.74 Å². The van der Waals surface area contributed by atoms with Gasteiger partial charge in [0.1, 0.15) is 5.78 Å². The second kappa shape index (κ2) is 9.96. The maximum absolute atomic E-state index is 10.5. The van der Waals surface area contributed by atoms with Crippen molar-refractivity contribution in [2.75, 3.05) is 7.11 Å². The second-order valence-electron chi connectivity index (χ2n) is 2.71. The minimum atomic E-state index is -0.257. The molecule has 0 aliphatic rings. The third-order valence-electron chi connectivity index (χ3n) is 1.73. The highest BCUT2D eigenvalue weighted by Gasteiger charge is 1.98. The van der Waals surface area contributed by atoms with E-state index in [0.29, 0.717) is 24.2 Å². The molecule has 0 aromatic heterocycles. The molecule has 0 spiro atoms. The first kappa shape index (κ1) is 15.4. The van der Waals surface area contributed by atoms with Crippen LogP contribution < -0.4 is 0 Å². The number of Topliss-reactive ketones (excluding diaryl/α,β-unsaturated/α-hetero) is 1. The van der Waals surface area contributed by atoms with E-state index in [4.69, 9.17) is 0 Å². The predicted molar refractivity (Wildman–Crippen MR) is 57.0 cm³/mol. The van der Waals surface area contributed by atoms with E-state index in [-0.39, 0.29) is 5.97 Å². The van der Waals surface area contributed by atoms with Crippen LogP contribution in [0, 0.1) is 0 Å². The molecule has 0 aromatic carbocycles. The standard InChI is InChI=1S/C6H10O2.C5H10O/c1-4-5(2)6(7)8-3;1-3-5(6)4-2/h4H,1-3H3;3-4H2,1-2H3. The van der Waals surface area contributed by atoms with Crippen LogP contribution in [0.5, 0.6) is 0 Å². The van der Waals surface area contributed by atoms with Gasteiger partial charge in [-0.3, -0.25) is 4.79 Å². The molecule has 0 saturated carbocycles. The van der Waals surface area contributed by atoms with Crippen molar-refractivity contribution in [1.29, 1.82) is 0 Å². The summed E-state index contributed by atoms with van der Waals surface area (Å²) in [5.41, 5.74) is 0.646. The average molecular weight is 200 g/mol. The van der Waals surface area contributed by atoms with Crippen LogP contribution in [0.25, 0.3) is 0 Å². The number of ether oxygens (including phenoxy) is 1. The molecule has 0 aromatic rings. The minimum absolute atomic E-state index is 0.257. The van der Waals surface area contributed by atoms with E-state index in [0.717, 1.165) is 0 Å². The molecule has 3 heteroatoms. The Labute approximate surface area is 86.1 Å². The van der Waals surface area contributed by atoms with Gasteiger partial charge in [-0.05, 0) is 13.8 Å². The number of methoxy groups -OCH3 is 1. The maximum atomic E-state index is 10.5. The Morgan fingerprint density at radius 3 is 1.71 bits per heavy atom. The lowest BCUT2D eigenvalue weighted by Crippen LogP contribution is -2.00. The van der Waals surface area contributed by atoms with Crippen LogP contribution in [0.1, 0.15) is 40.5 Å². The molecule has 0 radical (unpaired) electrons. The van der Waals surface area contributed by atoms with Crippen molar-refractivity contribution >= 4 is 11.8 Å². The molecule has 82 valence electrons. The molecule has 0 aliphatic heterocycles. The molecule has 0 aliphatic carbocycles. The van der Waals surface area contributed by atoms with Crippen LogP contribution in [-0.2, 0) is 14.3 Å². The number of carbonyl (C=O) groups is 2. The monoisotopic (exact) mass is 200 g/mol. The van der Waals surface area contributed by atoms with Gasteiger partial charge in [0.2, 0.25) is 0 Å². The molecule has 0 atom stereocenters. The molecule has 0 bridgehead atoms. The SMILES string of the molecule is CC=C(C)C(=O)OC.CCC(=O)CC. The summed E-state index contributed by atoms with van der Waals surface area (Å²) in [6.07, 6.45) is 3.10. The Morgan fingerprint density at radius 1 is 1.21 bits per heavy atom. The Bertz CT molecular complexity index is 199. The third-order valence-corrected chi connectivity index (χ3v) is 1.73. The number of hydrogen-bond acceptors (Lipinski definition) is 3. The summed E-state index contributed by atoms with van der Waals surface area (Å²) in [7, 11) is 1.37. The number of ketones is 1. The van der Waals surface area contributed by atoms with Gasteiger partial charge in [0.25, 0.3) is 0 Å². The van der Waals surface area contributed by atoms with Crippen LogP contribution in [0.15, 0.2) is 11.6 Å². The molecule has 0 rings (SSSR count). The van der Waals surface area contributed by atoms with Crippen molar-refractivity contribution in [3.63, 3.8) is 0 Å². The quantitative estimate of drug-likeness (QED) is 0.519. The van der Waals surface area contributed by atoms with E-state index >= 15 is 0 Å². The Morgan fingerprint density at radius 2 is 1.64 bits per heavy atom. The summed E-state index contributed by atoms with van der Waals surface area (Å²) in [6, 6.07) is 0. The zero-order valence-corrected chi connectivity index (χ0v) is 9.72. The smallest absolute Gasteiger partial charge is 0.333 e. The molecule has 3 nitrogen and oxygen atoms in total. The Hall–Kier alpha value is -1.12. The van der Waals surface area contributed by atoms with Gasteiger partial charge in [-0.15, -0.1) is 0 Å². The fourth-order valence-corrected chi connectivity index (χ4v) is 0.529. The van der Waals surface area contributed by atoms with Crippen molar-refractivity contribution in [1.82, 2.24) is 0 Å². The van der Waals surface area contributed by atoms with E-state index in [1.165, 1.54) is 7.11 Å². The Balaban J connectivity index is 0. The van der Waals surface area contributed by atoms with Crippen LogP contribution in [0.3, 0.4) is 0 Å². The fourth-order valence-electron chi connectivity index (χ4n) is 0.529. The number of rotatable bonds is 3. The van der Waals surface area contributed by atoms with Gasteiger partial charge in [-0.1, -0.05) is 19.9 Å². The van der Waals surface area contributed by atoms with E-state index in [9.17, 15) is 9.59 Å². The van der Waals surface area contributed by atoms with Gasteiger partial charge in [-0.25, -0.2) is 4.79 Å². The lowest BCUT2D eigenvalue weighted by molar-refractivity contribution is -0.136.